The Hall–Kier alpha value is -1.89. The number of oxazole rings is 1. The van der Waals surface area contributed by atoms with Crippen LogP contribution in [0.5, 0.6) is 0 Å². The third kappa shape index (κ3) is 3.24. The molecule has 1 saturated heterocycles. The van der Waals surface area contributed by atoms with E-state index in [9.17, 15) is 0 Å². The molecule has 6 heteroatoms. The van der Waals surface area contributed by atoms with Gasteiger partial charge in [-0.05, 0) is 23.6 Å². The number of aromatic nitrogens is 1. The molecule has 3 aromatic rings. The van der Waals surface area contributed by atoms with Gasteiger partial charge in [-0.25, -0.2) is 0 Å². The van der Waals surface area contributed by atoms with Gasteiger partial charge in [0.1, 0.15) is 5.52 Å². The van der Waals surface area contributed by atoms with E-state index in [1.165, 1.54) is 4.88 Å². The van der Waals surface area contributed by atoms with Gasteiger partial charge in [0.25, 0.3) is 6.01 Å². The van der Waals surface area contributed by atoms with Crippen LogP contribution in [0.2, 0.25) is 0 Å². The predicted octanol–water partition coefficient (Wildman–Crippen LogP) is 3.37. The fourth-order valence-corrected chi connectivity index (χ4v) is 3.77. The fraction of sp³-hybridized carbons (Fsp3) is 0.353. The molecule has 0 radical (unpaired) electrons. The second-order valence-corrected chi connectivity index (χ2v) is 6.53. The summed E-state index contributed by atoms with van der Waals surface area (Å²) in [6.07, 6.45) is 0. The summed E-state index contributed by atoms with van der Waals surface area (Å²) in [5.74, 6) is 0. The van der Waals surface area contributed by atoms with Crippen LogP contribution in [-0.2, 0) is 4.74 Å². The molecular weight excluding hydrogens is 310 g/mol. The minimum Gasteiger partial charge on any atom is -0.424 e. The van der Waals surface area contributed by atoms with Crippen LogP contribution < -0.4 is 5.32 Å². The van der Waals surface area contributed by atoms with Gasteiger partial charge in [-0.1, -0.05) is 18.2 Å². The maximum absolute atomic E-state index is 5.76. The molecule has 1 unspecified atom stereocenters. The van der Waals surface area contributed by atoms with Gasteiger partial charge in [-0.3, -0.25) is 4.90 Å². The summed E-state index contributed by atoms with van der Waals surface area (Å²) in [6, 6.07) is 13.0. The number of anilines is 1. The van der Waals surface area contributed by atoms with E-state index in [4.69, 9.17) is 9.15 Å². The quantitative estimate of drug-likeness (QED) is 0.778. The number of para-hydroxylation sites is 2. The van der Waals surface area contributed by atoms with Gasteiger partial charge in [0.2, 0.25) is 0 Å². The number of hydrogen-bond acceptors (Lipinski definition) is 6. The largest absolute Gasteiger partial charge is 0.424 e. The molecule has 0 amide bonds. The molecule has 120 valence electrons. The Morgan fingerprint density at radius 2 is 2.04 bits per heavy atom. The normalized spacial score (nSPS) is 17.4. The van der Waals surface area contributed by atoms with Crippen molar-refractivity contribution in [2.24, 2.45) is 0 Å². The van der Waals surface area contributed by atoms with Gasteiger partial charge in [0, 0.05) is 24.5 Å². The summed E-state index contributed by atoms with van der Waals surface area (Å²) in [6.45, 7) is 4.28. The number of benzene rings is 1. The molecule has 0 saturated carbocycles. The molecular formula is C17H19N3O2S. The Labute approximate surface area is 138 Å². The van der Waals surface area contributed by atoms with Gasteiger partial charge in [-0.2, -0.15) is 4.98 Å². The molecule has 1 aliphatic heterocycles. The van der Waals surface area contributed by atoms with E-state index in [-0.39, 0.29) is 0 Å². The van der Waals surface area contributed by atoms with Crippen LogP contribution in [-0.4, -0.2) is 42.7 Å². The molecule has 1 atom stereocenters. The van der Waals surface area contributed by atoms with Gasteiger partial charge in [0.15, 0.2) is 5.58 Å². The lowest BCUT2D eigenvalue weighted by molar-refractivity contribution is 0.0193. The summed E-state index contributed by atoms with van der Waals surface area (Å²) in [5, 5.41) is 5.49. The number of fused-ring (bicyclic) bond motifs is 1. The summed E-state index contributed by atoms with van der Waals surface area (Å²) >= 11 is 1.79. The van der Waals surface area contributed by atoms with Crippen molar-refractivity contribution in [3.63, 3.8) is 0 Å². The molecule has 0 spiro atoms. The lowest BCUT2D eigenvalue weighted by Gasteiger charge is -2.33. The van der Waals surface area contributed by atoms with E-state index in [2.05, 4.69) is 32.7 Å². The topological polar surface area (TPSA) is 50.5 Å². The molecule has 5 nitrogen and oxygen atoms in total. The van der Waals surface area contributed by atoms with E-state index in [1.54, 1.807) is 11.3 Å². The lowest BCUT2D eigenvalue weighted by Crippen LogP contribution is -2.41. The van der Waals surface area contributed by atoms with E-state index < -0.39 is 0 Å². The summed E-state index contributed by atoms with van der Waals surface area (Å²) in [5.41, 5.74) is 1.70. The second-order valence-electron chi connectivity index (χ2n) is 5.55. The molecule has 4 rings (SSSR count). The Kier molecular flexibility index (Phi) is 4.28. The van der Waals surface area contributed by atoms with Gasteiger partial charge in [-0.15, -0.1) is 11.3 Å². The van der Waals surface area contributed by atoms with Crippen LogP contribution in [0, 0.1) is 0 Å². The first-order chi connectivity index (χ1) is 11.4. The van der Waals surface area contributed by atoms with Crippen LogP contribution in [0.3, 0.4) is 0 Å². The van der Waals surface area contributed by atoms with Crippen molar-refractivity contribution in [3.05, 3.63) is 46.7 Å². The first kappa shape index (κ1) is 14.7. The number of thiophene rings is 1. The Morgan fingerprint density at radius 1 is 1.17 bits per heavy atom. The molecule has 1 N–H and O–H groups in total. The van der Waals surface area contributed by atoms with Crippen molar-refractivity contribution >= 4 is 28.5 Å². The van der Waals surface area contributed by atoms with Gasteiger partial charge in [0.05, 0.1) is 19.3 Å². The standard InChI is InChI=1S/C17H19N3O2S/c1-2-5-15-13(4-1)19-17(22-15)18-12-14(16-6-3-11-23-16)20-7-9-21-10-8-20/h1-6,11,14H,7-10,12H2,(H,18,19). The molecule has 0 aliphatic carbocycles. The molecule has 1 fully saturated rings. The van der Waals surface area contributed by atoms with Crippen molar-refractivity contribution in [1.82, 2.24) is 9.88 Å². The van der Waals surface area contributed by atoms with E-state index in [0.717, 1.165) is 43.9 Å². The van der Waals surface area contributed by atoms with E-state index in [0.29, 0.717) is 12.1 Å². The maximum Gasteiger partial charge on any atom is 0.295 e. The monoisotopic (exact) mass is 329 g/mol. The first-order valence-corrected chi connectivity index (χ1v) is 8.73. The molecule has 0 bridgehead atoms. The zero-order valence-electron chi connectivity index (χ0n) is 12.8. The third-order valence-corrected chi connectivity index (χ3v) is 5.07. The highest BCUT2D eigenvalue weighted by molar-refractivity contribution is 7.10. The van der Waals surface area contributed by atoms with Crippen molar-refractivity contribution in [1.29, 1.82) is 0 Å². The predicted molar refractivity (Wildman–Crippen MR) is 92.0 cm³/mol. The molecule has 3 heterocycles. The van der Waals surface area contributed by atoms with Crippen LogP contribution >= 0.6 is 11.3 Å². The van der Waals surface area contributed by atoms with Crippen molar-refractivity contribution < 1.29 is 9.15 Å². The zero-order chi connectivity index (χ0) is 15.5. The number of morpholine rings is 1. The van der Waals surface area contributed by atoms with Gasteiger partial charge >= 0.3 is 0 Å². The van der Waals surface area contributed by atoms with Crippen molar-refractivity contribution in [3.8, 4) is 0 Å². The number of nitrogens with zero attached hydrogens (tertiary/aromatic N) is 2. The van der Waals surface area contributed by atoms with Crippen LogP contribution in [0.4, 0.5) is 6.01 Å². The Balaban J connectivity index is 1.50. The molecule has 1 aromatic carbocycles. The van der Waals surface area contributed by atoms with Gasteiger partial charge < -0.3 is 14.5 Å². The maximum atomic E-state index is 5.76. The smallest absolute Gasteiger partial charge is 0.295 e. The number of ether oxygens (including phenoxy) is 1. The summed E-state index contributed by atoms with van der Waals surface area (Å²) in [7, 11) is 0. The van der Waals surface area contributed by atoms with E-state index >= 15 is 0 Å². The highest BCUT2D eigenvalue weighted by atomic mass is 32.1. The van der Waals surface area contributed by atoms with Crippen LogP contribution in [0.25, 0.3) is 11.1 Å². The average Bonchev–Trinajstić information content (AvgIpc) is 3.25. The highest BCUT2D eigenvalue weighted by Crippen LogP contribution is 2.27. The van der Waals surface area contributed by atoms with Crippen molar-refractivity contribution in [2.75, 3.05) is 38.2 Å². The SMILES string of the molecule is c1csc(C(CNc2nc3ccccc3o2)N2CCOCC2)c1. The van der Waals surface area contributed by atoms with E-state index in [1.807, 2.05) is 24.3 Å². The zero-order valence-corrected chi connectivity index (χ0v) is 13.6. The summed E-state index contributed by atoms with van der Waals surface area (Å²) in [4.78, 5) is 8.31. The van der Waals surface area contributed by atoms with Crippen molar-refractivity contribution in [2.45, 2.75) is 6.04 Å². The minimum atomic E-state index is 0.314. The minimum absolute atomic E-state index is 0.314. The Morgan fingerprint density at radius 3 is 2.83 bits per heavy atom. The highest BCUT2D eigenvalue weighted by Gasteiger charge is 2.23. The fourth-order valence-electron chi connectivity index (χ4n) is 2.91. The number of hydrogen-bond donors (Lipinski definition) is 1. The average molecular weight is 329 g/mol. The first-order valence-electron chi connectivity index (χ1n) is 7.85. The molecule has 2 aromatic heterocycles. The Bertz CT molecular complexity index is 717. The number of rotatable bonds is 5. The second kappa shape index (κ2) is 6.70. The molecule has 1 aliphatic rings. The number of nitrogens with one attached hydrogen (secondary N) is 1. The third-order valence-electron chi connectivity index (χ3n) is 4.10. The van der Waals surface area contributed by atoms with Crippen LogP contribution in [0.15, 0.2) is 46.2 Å². The summed E-state index contributed by atoms with van der Waals surface area (Å²) < 4.78 is 11.2. The lowest BCUT2D eigenvalue weighted by atomic mass is 10.2. The molecule has 23 heavy (non-hydrogen) atoms. The van der Waals surface area contributed by atoms with Crippen LogP contribution in [0.1, 0.15) is 10.9 Å².